The Hall–Kier alpha value is -0.830. The van der Waals surface area contributed by atoms with Crippen molar-refractivity contribution in [3.8, 4) is 0 Å². The Bertz CT molecular complexity index is 352. The molecule has 1 unspecified atom stereocenters. The summed E-state index contributed by atoms with van der Waals surface area (Å²) in [5, 5.41) is 8.04. The fourth-order valence-electron chi connectivity index (χ4n) is 3.82. The molecule has 1 N–H and O–H groups in total. The van der Waals surface area contributed by atoms with Gasteiger partial charge in [-0.2, -0.15) is 5.10 Å². The minimum Gasteiger partial charge on any atom is -0.313 e. The topological polar surface area (TPSA) is 29.9 Å². The van der Waals surface area contributed by atoms with Crippen molar-refractivity contribution in [2.75, 3.05) is 6.54 Å². The third-order valence-corrected chi connectivity index (χ3v) is 5.03. The SMILES string of the molecule is c1cnn(CCCNC2CCC23CCCCC3)c1. The maximum absolute atomic E-state index is 4.24. The molecule has 2 aliphatic carbocycles. The summed E-state index contributed by atoms with van der Waals surface area (Å²) in [6, 6.07) is 2.81. The monoisotopic (exact) mass is 247 g/mol. The molecule has 3 nitrogen and oxygen atoms in total. The smallest absolute Gasteiger partial charge is 0.0489 e. The lowest BCUT2D eigenvalue weighted by Crippen LogP contribution is -2.54. The first-order chi connectivity index (χ1) is 8.89. The molecule has 0 aliphatic heterocycles. The predicted octanol–water partition coefficient (Wildman–Crippen LogP) is 2.98. The van der Waals surface area contributed by atoms with Gasteiger partial charge in [-0.3, -0.25) is 4.68 Å². The first kappa shape index (κ1) is 12.2. The van der Waals surface area contributed by atoms with Crippen molar-refractivity contribution >= 4 is 0 Å². The van der Waals surface area contributed by atoms with Gasteiger partial charge in [-0.1, -0.05) is 19.3 Å². The summed E-state index contributed by atoms with van der Waals surface area (Å²) >= 11 is 0. The Kier molecular flexibility index (Phi) is 3.69. The van der Waals surface area contributed by atoms with E-state index < -0.39 is 0 Å². The molecule has 3 heteroatoms. The first-order valence-electron chi connectivity index (χ1n) is 7.60. The number of nitrogens with one attached hydrogen (secondary N) is 1. The zero-order chi connectivity index (χ0) is 12.3. The molecule has 1 heterocycles. The first-order valence-corrected chi connectivity index (χ1v) is 7.60. The molecule has 2 fully saturated rings. The molecule has 1 aromatic heterocycles. The Balaban J connectivity index is 1.38. The Labute approximate surface area is 110 Å². The number of aromatic nitrogens is 2. The van der Waals surface area contributed by atoms with Crippen LogP contribution in [0, 0.1) is 5.41 Å². The zero-order valence-electron chi connectivity index (χ0n) is 11.3. The summed E-state index contributed by atoms with van der Waals surface area (Å²) < 4.78 is 2.03. The molecule has 18 heavy (non-hydrogen) atoms. The Morgan fingerprint density at radius 2 is 2.11 bits per heavy atom. The van der Waals surface area contributed by atoms with Crippen LogP contribution in [0.4, 0.5) is 0 Å². The molecule has 3 rings (SSSR count). The molecule has 2 saturated carbocycles. The molecule has 1 atom stereocenters. The van der Waals surface area contributed by atoms with Crippen LogP contribution in [-0.2, 0) is 6.54 Å². The fraction of sp³-hybridized carbons (Fsp3) is 0.800. The fourth-order valence-corrected chi connectivity index (χ4v) is 3.82. The second-order valence-corrected chi connectivity index (χ2v) is 6.09. The molecule has 1 spiro atoms. The quantitative estimate of drug-likeness (QED) is 0.811. The molecule has 100 valence electrons. The van der Waals surface area contributed by atoms with E-state index >= 15 is 0 Å². The summed E-state index contributed by atoms with van der Waals surface area (Å²) in [6.07, 6.45) is 15.3. The van der Waals surface area contributed by atoms with E-state index in [1.807, 2.05) is 23.1 Å². The third kappa shape index (κ3) is 2.46. The van der Waals surface area contributed by atoms with Crippen molar-refractivity contribution < 1.29 is 0 Å². The Morgan fingerprint density at radius 3 is 2.78 bits per heavy atom. The van der Waals surface area contributed by atoms with Gasteiger partial charge in [0.15, 0.2) is 0 Å². The van der Waals surface area contributed by atoms with E-state index in [0.29, 0.717) is 5.41 Å². The second kappa shape index (κ2) is 5.43. The standard InChI is InChI=1S/C15H25N3/c1-2-7-15(8-3-1)9-6-14(15)16-10-4-12-18-13-5-11-17-18/h5,11,13-14,16H,1-4,6-10,12H2. The number of aryl methyl sites for hydroxylation is 1. The van der Waals surface area contributed by atoms with E-state index in [2.05, 4.69) is 10.4 Å². The summed E-state index contributed by atoms with van der Waals surface area (Å²) in [4.78, 5) is 0. The van der Waals surface area contributed by atoms with E-state index in [9.17, 15) is 0 Å². The van der Waals surface area contributed by atoms with Crippen molar-refractivity contribution in [2.45, 2.75) is 64.0 Å². The van der Waals surface area contributed by atoms with E-state index in [0.717, 1.165) is 19.1 Å². The predicted molar refractivity (Wildman–Crippen MR) is 73.4 cm³/mol. The molecule has 0 saturated heterocycles. The van der Waals surface area contributed by atoms with Gasteiger partial charge in [-0.25, -0.2) is 0 Å². The van der Waals surface area contributed by atoms with Gasteiger partial charge < -0.3 is 5.32 Å². The van der Waals surface area contributed by atoms with Crippen LogP contribution in [0.3, 0.4) is 0 Å². The van der Waals surface area contributed by atoms with Crippen molar-refractivity contribution in [1.29, 1.82) is 0 Å². The van der Waals surface area contributed by atoms with Crippen LogP contribution in [0.5, 0.6) is 0 Å². The summed E-state index contributed by atoms with van der Waals surface area (Å²) in [5.74, 6) is 0. The molecule has 1 aromatic rings. The molecule has 0 radical (unpaired) electrons. The van der Waals surface area contributed by atoms with E-state index in [-0.39, 0.29) is 0 Å². The number of rotatable bonds is 5. The lowest BCUT2D eigenvalue weighted by molar-refractivity contribution is 0.0231. The van der Waals surface area contributed by atoms with Crippen molar-refractivity contribution in [1.82, 2.24) is 15.1 Å². The van der Waals surface area contributed by atoms with Gasteiger partial charge in [0.2, 0.25) is 0 Å². The third-order valence-electron chi connectivity index (χ3n) is 5.03. The van der Waals surface area contributed by atoms with Crippen molar-refractivity contribution in [3.05, 3.63) is 18.5 Å². The van der Waals surface area contributed by atoms with Crippen molar-refractivity contribution in [2.24, 2.45) is 5.41 Å². The molecule has 0 aromatic carbocycles. The summed E-state index contributed by atoms with van der Waals surface area (Å²) in [5.41, 5.74) is 0.698. The van der Waals surface area contributed by atoms with Crippen LogP contribution in [0.15, 0.2) is 18.5 Å². The average Bonchev–Trinajstić information content (AvgIpc) is 2.91. The second-order valence-electron chi connectivity index (χ2n) is 6.09. The Morgan fingerprint density at radius 1 is 1.22 bits per heavy atom. The highest BCUT2D eigenvalue weighted by Gasteiger charge is 2.46. The lowest BCUT2D eigenvalue weighted by atomic mass is 9.57. The maximum Gasteiger partial charge on any atom is 0.0489 e. The lowest BCUT2D eigenvalue weighted by Gasteiger charge is -2.52. The van der Waals surface area contributed by atoms with E-state index in [1.54, 1.807) is 0 Å². The van der Waals surface area contributed by atoms with Gasteiger partial charge in [0.25, 0.3) is 0 Å². The van der Waals surface area contributed by atoms with Crippen LogP contribution >= 0.6 is 0 Å². The van der Waals surface area contributed by atoms with Crippen LogP contribution < -0.4 is 5.32 Å². The minimum atomic E-state index is 0.698. The van der Waals surface area contributed by atoms with Gasteiger partial charge in [0.05, 0.1) is 0 Å². The molecule has 0 bridgehead atoms. The van der Waals surface area contributed by atoms with Crippen LogP contribution in [-0.4, -0.2) is 22.4 Å². The van der Waals surface area contributed by atoms with Gasteiger partial charge >= 0.3 is 0 Å². The molecular weight excluding hydrogens is 222 g/mol. The average molecular weight is 247 g/mol. The highest BCUT2D eigenvalue weighted by Crippen LogP contribution is 2.51. The summed E-state index contributed by atoms with van der Waals surface area (Å²) in [7, 11) is 0. The largest absolute Gasteiger partial charge is 0.313 e. The van der Waals surface area contributed by atoms with Crippen molar-refractivity contribution in [3.63, 3.8) is 0 Å². The van der Waals surface area contributed by atoms with Crippen LogP contribution in [0.25, 0.3) is 0 Å². The zero-order valence-corrected chi connectivity index (χ0v) is 11.3. The number of hydrogen-bond donors (Lipinski definition) is 1. The molecular formula is C15H25N3. The van der Waals surface area contributed by atoms with Gasteiger partial charge in [-0.15, -0.1) is 0 Å². The van der Waals surface area contributed by atoms with E-state index in [1.165, 1.54) is 51.4 Å². The normalized spacial score (nSPS) is 26.1. The van der Waals surface area contributed by atoms with Crippen LogP contribution in [0.2, 0.25) is 0 Å². The highest BCUT2D eigenvalue weighted by atomic mass is 15.3. The van der Waals surface area contributed by atoms with E-state index in [4.69, 9.17) is 0 Å². The van der Waals surface area contributed by atoms with Gasteiger partial charge in [-0.05, 0) is 50.1 Å². The van der Waals surface area contributed by atoms with Gasteiger partial charge in [0, 0.05) is 25.0 Å². The molecule has 2 aliphatic rings. The van der Waals surface area contributed by atoms with Crippen LogP contribution in [0.1, 0.15) is 51.4 Å². The number of hydrogen-bond acceptors (Lipinski definition) is 2. The number of nitrogens with zero attached hydrogens (tertiary/aromatic N) is 2. The summed E-state index contributed by atoms with van der Waals surface area (Å²) in [6.45, 7) is 2.19. The highest BCUT2D eigenvalue weighted by molar-refractivity contribution is 5.01. The molecule has 0 amide bonds. The minimum absolute atomic E-state index is 0.698. The van der Waals surface area contributed by atoms with Gasteiger partial charge in [0.1, 0.15) is 0 Å². The maximum atomic E-state index is 4.24.